The molecule has 1 fully saturated rings. The summed E-state index contributed by atoms with van der Waals surface area (Å²) in [6, 6.07) is 4.08. The number of hydrogen-bond acceptors (Lipinski definition) is 2. The van der Waals surface area contributed by atoms with Crippen molar-refractivity contribution in [3.63, 3.8) is 0 Å². The number of rotatable bonds is 6. The smallest absolute Gasteiger partial charge is 0.223 e. The van der Waals surface area contributed by atoms with Crippen molar-refractivity contribution in [2.24, 2.45) is 5.92 Å². The van der Waals surface area contributed by atoms with Crippen molar-refractivity contribution in [2.45, 2.75) is 52.5 Å². The third-order valence-electron chi connectivity index (χ3n) is 4.61. The van der Waals surface area contributed by atoms with E-state index in [0.717, 1.165) is 56.2 Å². The third kappa shape index (κ3) is 2.87. The lowest BCUT2D eigenvalue weighted by Gasteiger charge is -2.17. The summed E-state index contributed by atoms with van der Waals surface area (Å²) in [5, 5.41) is 1.16. The van der Waals surface area contributed by atoms with Crippen LogP contribution >= 0.6 is 0 Å². The Balaban J connectivity index is 1.86. The van der Waals surface area contributed by atoms with E-state index in [1.807, 2.05) is 17.2 Å². The van der Waals surface area contributed by atoms with E-state index < -0.39 is 0 Å². The minimum Gasteiger partial charge on any atom is -0.343 e. The van der Waals surface area contributed by atoms with Crippen LogP contribution in [-0.4, -0.2) is 27.3 Å². The van der Waals surface area contributed by atoms with Gasteiger partial charge in [-0.25, -0.2) is 4.98 Å². The van der Waals surface area contributed by atoms with Crippen LogP contribution in [0.1, 0.15) is 50.8 Å². The fraction of sp³-hybridized carbons (Fsp3) is 0.556. The number of likely N-dealkylation sites (tertiary alicyclic amines) is 1. The van der Waals surface area contributed by atoms with E-state index in [9.17, 15) is 4.79 Å². The maximum absolute atomic E-state index is 12.3. The van der Waals surface area contributed by atoms with Gasteiger partial charge in [0.25, 0.3) is 0 Å². The lowest BCUT2D eigenvalue weighted by Crippen LogP contribution is -2.25. The molecule has 1 unspecified atom stereocenters. The van der Waals surface area contributed by atoms with Gasteiger partial charge in [-0.2, -0.15) is 0 Å². The maximum Gasteiger partial charge on any atom is 0.223 e. The van der Waals surface area contributed by atoms with Gasteiger partial charge in [-0.05, 0) is 30.9 Å². The molecule has 1 N–H and O–H groups in total. The van der Waals surface area contributed by atoms with E-state index in [0.29, 0.717) is 11.8 Å². The molecule has 1 aliphatic rings. The molecule has 4 nitrogen and oxygen atoms in total. The maximum atomic E-state index is 12.3. The number of fused-ring (bicyclic) bond motifs is 1. The SMILES string of the molecule is CCCc1[nH]c2ncccc2c1CN1CC(CCC)CC1=O. The lowest BCUT2D eigenvalue weighted by molar-refractivity contribution is -0.128. The van der Waals surface area contributed by atoms with Crippen LogP contribution < -0.4 is 0 Å². The molecule has 1 aliphatic heterocycles. The molecule has 1 amide bonds. The zero-order valence-corrected chi connectivity index (χ0v) is 13.6. The number of nitrogens with zero attached hydrogens (tertiary/aromatic N) is 2. The number of pyridine rings is 1. The number of carbonyl (C=O) groups is 1. The van der Waals surface area contributed by atoms with Crippen molar-refractivity contribution >= 4 is 16.9 Å². The lowest BCUT2D eigenvalue weighted by atomic mass is 10.0. The summed E-state index contributed by atoms with van der Waals surface area (Å²) in [6.07, 6.45) is 6.94. The van der Waals surface area contributed by atoms with E-state index in [4.69, 9.17) is 0 Å². The average Bonchev–Trinajstić information content (AvgIpc) is 3.02. The standard InChI is InChI=1S/C18H25N3O/c1-3-6-13-10-17(22)21(11-13)12-15-14-8-5-9-19-18(14)20-16(15)7-4-2/h5,8-9,13H,3-4,6-7,10-12H2,1-2H3,(H,19,20). The van der Waals surface area contributed by atoms with Crippen LogP contribution in [0, 0.1) is 5.92 Å². The molecule has 1 saturated heterocycles. The summed E-state index contributed by atoms with van der Waals surface area (Å²) in [6.45, 7) is 6.00. The zero-order chi connectivity index (χ0) is 15.5. The molecule has 0 spiro atoms. The second-order valence-electron chi connectivity index (χ2n) is 6.36. The molecule has 0 aromatic carbocycles. The highest BCUT2D eigenvalue weighted by atomic mass is 16.2. The molecular formula is C18H25N3O. The number of nitrogens with one attached hydrogen (secondary N) is 1. The highest BCUT2D eigenvalue weighted by Crippen LogP contribution is 2.28. The Bertz CT molecular complexity index is 661. The predicted octanol–water partition coefficient (Wildman–Crippen LogP) is 3.66. The molecule has 0 radical (unpaired) electrons. The number of H-pyrrole nitrogens is 1. The third-order valence-corrected chi connectivity index (χ3v) is 4.61. The average molecular weight is 299 g/mol. The summed E-state index contributed by atoms with van der Waals surface area (Å²) in [4.78, 5) is 22.2. The van der Waals surface area contributed by atoms with E-state index >= 15 is 0 Å². The molecule has 0 saturated carbocycles. The fourth-order valence-corrected chi connectivity index (χ4v) is 3.57. The first kappa shape index (κ1) is 15.1. The van der Waals surface area contributed by atoms with Crippen molar-refractivity contribution in [1.82, 2.24) is 14.9 Å². The van der Waals surface area contributed by atoms with Gasteiger partial charge in [-0.1, -0.05) is 26.7 Å². The molecule has 1 atom stereocenters. The first-order chi connectivity index (χ1) is 10.7. The minimum atomic E-state index is 0.305. The van der Waals surface area contributed by atoms with Gasteiger partial charge in [0.2, 0.25) is 5.91 Å². The summed E-state index contributed by atoms with van der Waals surface area (Å²) in [5.74, 6) is 0.842. The van der Waals surface area contributed by atoms with Crippen molar-refractivity contribution < 1.29 is 4.79 Å². The molecule has 2 aromatic heterocycles. The van der Waals surface area contributed by atoms with Crippen LogP contribution in [0.4, 0.5) is 0 Å². The Kier molecular flexibility index (Phi) is 4.46. The molecule has 3 heterocycles. The van der Waals surface area contributed by atoms with Crippen molar-refractivity contribution in [3.8, 4) is 0 Å². The molecular weight excluding hydrogens is 274 g/mol. The number of aryl methyl sites for hydroxylation is 1. The van der Waals surface area contributed by atoms with Crippen LogP contribution in [0.15, 0.2) is 18.3 Å². The molecule has 0 bridgehead atoms. The Labute approximate surface area is 131 Å². The van der Waals surface area contributed by atoms with Crippen molar-refractivity contribution in [1.29, 1.82) is 0 Å². The largest absolute Gasteiger partial charge is 0.343 e. The molecule has 3 rings (SSSR count). The van der Waals surface area contributed by atoms with Crippen molar-refractivity contribution in [2.75, 3.05) is 6.54 Å². The molecule has 118 valence electrons. The monoisotopic (exact) mass is 299 g/mol. The van der Waals surface area contributed by atoms with Crippen LogP contribution in [0.5, 0.6) is 0 Å². The van der Waals surface area contributed by atoms with E-state index in [2.05, 4.69) is 29.9 Å². The Morgan fingerprint density at radius 2 is 2.23 bits per heavy atom. The number of carbonyl (C=O) groups excluding carboxylic acids is 1. The number of aromatic nitrogens is 2. The highest BCUT2D eigenvalue weighted by molar-refractivity contribution is 5.83. The highest BCUT2D eigenvalue weighted by Gasteiger charge is 2.29. The van der Waals surface area contributed by atoms with Gasteiger partial charge in [0, 0.05) is 42.4 Å². The first-order valence-corrected chi connectivity index (χ1v) is 8.45. The quantitative estimate of drug-likeness (QED) is 0.885. The number of aromatic amines is 1. The second kappa shape index (κ2) is 6.51. The number of amides is 1. The molecule has 4 heteroatoms. The van der Waals surface area contributed by atoms with Crippen LogP contribution in [0.2, 0.25) is 0 Å². The summed E-state index contributed by atoms with van der Waals surface area (Å²) < 4.78 is 0. The second-order valence-corrected chi connectivity index (χ2v) is 6.36. The van der Waals surface area contributed by atoms with E-state index in [1.54, 1.807) is 0 Å². The predicted molar refractivity (Wildman–Crippen MR) is 88.5 cm³/mol. The minimum absolute atomic E-state index is 0.305. The van der Waals surface area contributed by atoms with Crippen LogP contribution in [0.3, 0.4) is 0 Å². The van der Waals surface area contributed by atoms with Gasteiger partial charge in [0.05, 0.1) is 0 Å². The van der Waals surface area contributed by atoms with Crippen LogP contribution in [-0.2, 0) is 17.8 Å². The van der Waals surface area contributed by atoms with Gasteiger partial charge in [0.15, 0.2) is 0 Å². The Morgan fingerprint density at radius 3 is 3.00 bits per heavy atom. The normalized spacial score (nSPS) is 18.5. The topological polar surface area (TPSA) is 49.0 Å². The first-order valence-electron chi connectivity index (χ1n) is 8.45. The fourth-order valence-electron chi connectivity index (χ4n) is 3.57. The summed E-state index contributed by atoms with van der Waals surface area (Å²) >= 11 is 0. The summed E-state index contributed by atoms with van der Waals surface area (Å²) in [5.41, 5.74) is 3.44. The molecule has 0 aliphatic carbocycles. The van der Waals surface area contributed by atoms with E-state index in [1.165, 1.54) is 11.3 Å². The van der Waals surface area contributed by atoms with Crippen LogP contribution in [0.25, 0.3) is 11.0 Å². The van der Waals surface area contributed by atoms with Crippen molar-refractivity contribution in [3.05, 3.63) is 29.6 Å². The summed E-state index contributed by atoms with van der Waals surface area (Å²) in [7, 11) is 0. The van der Waals surface area contributed by atoms with Gasteiger partial charge in [-0.3, -0.25) is 4.79 Å². The van der Waals surface area contributed by atoms with Gasteiger partial charge in [-0.15, -0.1) is 0 Å². The van der Waals surface area contributed by atoms with Gasteiger partial charge >= 0.3 is 0 Å². The molecule has 22 heavy (non-hydrogen) atoms. The Morgan fingerprint density at radius 1 is 1.36 bits per heavy atom. The zero-order valence-electron chi connectivity index (χ0n) is 13.6. The number of hydrogen-bond donors (Lipinski definition) is 1. The van der Waals surface area contributed by atoms with E-state index in [-0.39, 0.29) is 0 Å². The molecule has 2 aromatic rings. The van der Waals surface area contributed by atoms with Gasteiger partial charge in [0.1, 0.15) is 5.65 Å². The van der Waals surface area contributed by atoms with Gasteiger partial charge < -0.3 is 9.88 Å². The Hall–Kier alpha value is -1.84.